The van der Waals surface area contributed by atoms with Gasteiger partial charge in [-0.2, -0.15) is 10.4 Å². The van der Waals surface area contributed by atoms with Crippen molar-refractivity contribution < 1.29 is 14.5 Å². The van der Waals surface area contributed by atoms with Gasteiger partial charge in [0.05, 0.1) is 27.2 Å². The van der Waals surface area contributed by atoms with Crippen LogP contribution in [0.2, 0.25) is 0 Å². The quantitative estimate of drug-likeness (QED) is 0.303. The first-order chi connectivity index (χ1) is 15.0. The number of ether oxygens (including phenoxy) is 1. The molecule has 3 aromatic carbocycles. The molecule has 3 rings (SSSR count). The number of nitro benzene ring substituents is 1. The van der Waals surface area contributed by atoms with E-state index >= 15 is 0 Å². The Balaban J connectivity index is 1.61. The van der Waals surface area contributed by atoms with Crippen LogP contribution in [0.4, 0.5) is 5.69 Å². The third-order valence-corrected chi connectivity index (χ3v) is 4.80. The van der Waals surface area contributed by atoms with Gasteiger partial charge in [0.2, 0.25) is 0 Å². The normalized spacial score (nSPS) is 10.5. The number of rotatable bonds is 7. The SMILES string of the molecule is N#Cc1ccccc1COc1ccc(/C=N\NC(=O)c2cccc([N+](=O)[O-])c2)cc1Br. The van der Waals surface area contributed by atoms with Crippen LogP contribution in [-0.4, -0.2) is 17.0 Å². The molecule has 0 spiro atoms. The molecule has 0 aliphatic heterocycles. The number of hydrazone groups is 1. The Hall–Kier alpha value is -4.03. The molecule has 31 heavy (non-hydrogen) atoms. The lowest BCUT2D eigenvalue weighted by Crippen LogP contribution is -2.17. The van der Waals surface area contributed by atoms with Gasteiger partial charge in [0.1, 0.15) is 12.4 Å². The Morgan fingerprint density at radius 2 is 2.00 bits per heavy atom. The van der Waals surface area contributed by atoms with Gasteiger partial charge in [-0.25, -0.2) is 5.43 Å². The molecule has 0 radical (unpaired) electrons. The number of amides is 1. The van der Waals surface area contributed by atoms with Crippen molar-refractivity contribution in [2.45, 2.75) is 6.61 Å². The van der Waals surface area contributed by atoms with Crippen molar-refractivity contribution in [3.8, 4) is 11.8 Å². The van der Waals surface area contributed by atoms with E-state index < -0.39 is 10.8 Å². The molecule has 0 atom stereocenters. The summed E-state index contributed by atoms with van der Waals surface area (Å²) >= 11 is 3.43. The molecule has 0 fully saturated rings. The molecule has 0 aliphatic rings. The average molecular weight is 479 g/mol. The van der Waals surface area contributed by atoms with Crippen molar-refractivity contribution in [2.75, 3.05) is 0 Å². The minimum atomic E-state index is -0.569. The Bertz CT molecular complexity index is 1200. The molecule has 1 amide bonds. The van der Waals surface area contributed by atoms with Crippen molar-refractivity contribution in [2.24, 2.45) is 5.10 Å². The maximum absolute atomic E-state index is 12.1. The molecular weight excluding hydrogens is 464 g/mol. The molecule has 0 unspecified atom stereocenters. The zero-order valence-corrected chi connectivity index (χ0v) is 17.6. The van der Waals surface area contributed by atoms with Crippen LogP contribution in [0.5, 0.6) is 5.75 Å². The molecule has 154 valence electrons. The molecule has 0 bridgehead atoms. The number of carbonyl (C=O) groups excluding carboxylic acids is 1. The van der Waals surface area contributed by atoms with E-state index in [0.717, 1.165) is 5.56 Å². The van der Waals surface area contributed by atoms with Gasteiger partial charge in [-0.1, -0.05) is 24.3 Å². The van der Waals surface area contributed by atoms with Gasteiger partial charge in [0, 0.05) is 23.3 Å². The fourth-order valence-electron chi connectivity index (χ4n) is 2.62. The summed E-state index contributed by atoms with van der Waals surface area (Å²) in [6.45, 7) is 0.245. The minimum absolute atomic E-state index is 0.133. The number of halogens is 1. The van der Waals surface area contributed by atoms with Crippen molar-refractivity contribution >= 4 is 33.7 Å². The summed E-state index contributed by atoms with van der Waals surface area (Å²) in [6.07, 6.45) is 1.44. The maximum atomic E-state index is 12.1. The van der Waals surface area contributed by atoms with Crippen LogP contribution >= 0.6 is 15.9 Å². The van der Waals surface area contributed by atoms with Crippen LogP contribution in [-0.2, 0) is 6.61 Å². The van der Waals surface area contributed by atoms with Crippen LogP contribution in [0.3, 0.4) is 0 Å². The molecule has 0 saturated heterocycles. The zero-order valence-electron chi connectivity index (χ0n) is 16.0. The molecule has 0 aliphatic carbocycles. The minimum Gasteiger partial charge on any atom is -0.488 e. The summed E-state index contributed by atoms with van der Waals surface area (Å²) in [5.74, 6) is 0.0284. The highest BCUT2D eigenvalue weighted by atomic mass is 79.9. The lowest BCUT2D eigenvalue weighted by Gasteiger charge is -2.10. The molecule has 9 heteroatoms. The first-order valence-electron chi connectivity index (χ1n) is 8.96. The molecule has 0 heterocycles. The number of nitriles is 1. The summed E-state index contributed by atoms with van der Waals surface area (Å²) in [5, 5.41) is 23.8. The fourth-order valence-corrected chi connectivity index (χ4v) is 3.13. The average Bonchev–Trinajstić information content (AvgIpc) is 2.78. The van der Waals surface area contributed by atoms with Crippen molar-refractivity contribution in [1.29, 1.82) is 5.26 Å². The largest absolute Gasteiger partial charge is 0.488 e. The van der Waals surface area contributed by atoms with E-state index in [1.54, 1.807) is 30.3 Å². The van der Waals surface area contributed by atoms with Crippen molar-refractivity contribution in [3.63, 3.8) is 0 Å². The van der Waals surface area contributed by atoms with Gasteiger partial charge < -0.3 is 4.74 Å². The van der Waals surface area contributed by atoms with Crippen molar-refractivity contribution in [1.82, 2.24) is 5.43 Å². The second kappa shape index (κ2) is 10.1. The third-order valence-electron chi connectivity index (χ3n) is 4.18. The topological polar surface area (TPSA) is 118 Å². The Morgan fingerprint density at radius 3 is 2.74 bits per heavy atom. The van der Waals surface area contributed by atoms with Gasteiger partial charge in [-0.05, 0) is 51.8 Å². The smallest absolute Gasteiger partial charge is 0.271 e. The van der Waals surface area contributed by atoms with Gasteiger partial charge in [-0.15, -0.1) is 0 Å². The number of carbonyl (C=O) groups is 1. The number of hydrogen-bond donors (Lipinski definition) is 1. The highest BCUT2D eigenvalue weighted by Gasteiger charge is 2.11. The van der Waals surface area contributed by atoms with E-state index in [4.69, 9.17) is 10.00 Å². The predicted molar refractivity (Wildman–Crippen MR) is 118 cm³/mol. The van der Waals surface area contributed by atoms with E-state index in [2.05, 4.69) is 32.5 Å². The first kappa shape index (κ1) is 21.7. The van der Waals surface area contributed by atoms with Gasteiger partial charge in [-0.3, -0.25) is 14.9 Å². The van der Waals surface area contributed by atoms with E-state index in [9.17, 15) is 14.9 Å². The molecule has 0 saturated carbocycles. The summed E-state index contributed by atoms with van der Waals surface area (Å²) in [5.41, 5.74) is 4.33. The number of nitro groups is 1. The predicted octanol–water partition coefficient (Wildman–Crippen LogP) is 4.57. The van der Waals surface area contributed by atoms with Crippen LogP contribution in [0.25, 0.3) is 0 Å². The first-order valence-corrected chi connectivity index (χ1v) is 9.75. The molecule has 3 aromatic rings. The summed E-state index contributed by atoms with van der Waals surface area (Å²) in [7, 11) is 0. The van der Waals surface area contributed by atoms with Gasteiger partial charge in [0.15, 0.2) is 0 Å². The van der Waals surface area contributed by atoms with Crippen LogP contribution in [0, 0.1) is 21.4 Å². The van der Waals surface area contributed by atoms with Crippen LogP contribution < -0.4 is 10.2 Å². The second-order valence-electron chi connectivity index (χ2n) is 6.25. The highest BCUT2D eigenvalue weighted by molar-refractivity contribution is 9.10. The number of nitrogens with zero attached hydrogens (tertiary/aromatic N) is 3. The van der Waals surface area contributed by atoms with Crippen molar-refractivity contribution in [3.05, 3.63) is 104 Å². The Kier molecular flexibility index (Phi) is 7.09. The number of hydrogen-bond acceptors (Lipinski definition) is 6. The number of nitrogens with one attached hydrogen (secondary N) is 1. The number of benzene rings is 3. The standard InChI is InChI=1S/C22H15BrN4O4/c23-20-10-15(8-9-21(20)31-14-18-5-2-1-4-17(18)12-24)13-25-26-22(28)16-6-3-7-19(11-16)27(29)30/h1-11,13H,14H2,(H,26,28)/b25-13-. The van der Waals surface area contributed by atoms with Gasteiger partial charge >= 0.3 is 0 Å². The molecular formula is C22H15BrN4O4. The highest BCUT2D eigenvalue weighted by Crippen LogP contribution is 2.26. The second-order valence-corrected chi connectivity index (χ2v) is 7.11. The maximum Gasteiger partial charge on any atom is 0.271 e. The van der Waals surface area contributed by atoms with Crippen LogP contribution in [0.15, 0.2) is 76.3 Å². The number of non-ortho nitro benzene ring substituents is 1. The molecule has 1 N–H and O–H groups in total. The Morgan fingerprint density at radius 1 is 1.19 bits per heavy atom. The lowest BCUT2D eigenvalue weighted by molar-refractivity contribution is -0.384. The zero-order chi connectivity index (χ0) is 22.2. The summed E-state index contributed by atoms with van der Waals surface area (Å²) in [6, 6.07) is 20.0. The van der Waals surface area contributed by atoms with E-state index in [1.807, 2.05) is 12.1 Å². The van der Waals surface area contributed by atoms with Gasteiger partial charge in [0.25, 0.3) is 11.6 Å². The van der Waals surface area contributed by atoms with E-state index in [-0.39, 0.29) is 17.9 Å². The van der Waals surface area contributed by atoms with E-state index in [0.29, 0.717) is 21.3 Å². The molecule has 8 nitrogen and oxygen atoms in total. The fraction of sp³-hybridized carbons (Fsp3) is 0.0455. The third kappa shape index (κ3) is 5.74. The monoisotopic (exact) mass is 478 g/mol. The Labute approximate surface area is 186 Å². The summed E-state index contributed by atoms with van der Waals surface area (Å²) < 4.78 is 6.46. The lowest BCUT2D eigenvalue weighted by atomic mass is 10.1. The van der Waals surface area contributed by atoms with Crippen LogP contribution in [0.1, 0.15) is 27.0 Å². The summed E-state index contributed by atoms with van der Waals surface area (Å²) in [4.78, 5) is 22.3. The van der Waals surface area contributed by atoms with E-state index in [1.165, 1.54) is 30.5 Å². The molecule has 0 aromatic heterocycles.